The smallest absolute Gasteiger partial charge is 0.374 e. The molecule has 0 bridgehead atoms. The van der Waals surface area contributed by atoms with Crippen molar-refractivity contribution in [2.45, 2.75) is 19.4 Å². The summed E-state index contributed by atoms with van der Waals surface area (Å²) in [6.07, 6.45) is 2.00. The molecule has 1 aromatic carbocycles. The van der Waals surface area contributed by atoms with Crippen molar-refractivity contribution >= 4 is 29.2 Å². The zero-order chi connectivity index (χ0) is 20.4. The van der Waals surface area contributed by atoms with E-state index in [9.17, 15) is 9.59 Å². The van der Waals surface area contributed by atoms with E-state index in [0.29, 0.717) is 28.7 Å². The molecule has 1 aliphatic rings. The van der Waals surface area contributed by atoms with E-state index in [2.05, 4.69) is 5.10 Å². The Morgan fingerprint density at radius 2 is 2.00 bits per heavy atom. The first-order valence-corrected chi connectivity index (χ1v) is 9.31. The molecule has 0 radical (unpaired) electrons. The Morgan fingerprint density at radius 3 is 2.66 bits per heavy atom. The summed E-state index contributed by atoms with van der Waals surface area (Å²) in [5.41, 5.74) is 1.56. The van der Waals surface area contributed by atoms with Crippen molar-refractivity contribution in [3.05, 3.63) is 82.7 Å². The Kier molecular flexibility index (Phi) is 5.22. The van der Waals surface area contributed by atoms with Crippen LogP contribution in [0.5, 0.6) is 0 Å². The van der Waals surface area contributed by atoms with Crippen LogP contribution in [0.3, 0.4) is 0 Å². The molecule has 0 saturated carbocycles. The van der Waals surface area contributed by atoms with Crippen LogP contribution in [0.15, 0.2) is 68.7 Å². The molecular weight excluding hydrogens is 396 g/mol. The van der Waals surface area contributed by atoms with Gasteiger partial charge in [-0.15, -0.1) is 0 Å². The molecule has 2 aromatic heterocycles. The lowest BCUT2D eigenvalue weighted by Gasteiger charge is -2.19. The molecule has 29 heavy (non-hydrogen) atoms. The van der Waals surface area contributed by atoms with Gasteiger partial charge in [0.05, 0.1) is 12.0 Å². The lowest BCUT2D eigenvalue weighted by atomic mass is 10.0. The van der Waals surface area contributed by atoms with Crippen LogP contribution < -0.4 is 0 Å². The Bertz CT molecular complexity index is 1050. The molecule has 7 nitrogen and oxygen atoms in total. The van der Waals surface area contributed by atoms with Crippen LogP contribution in [-0.2, 0) is 9.53 Å². The summed E-state index contributed by atoms with van der Waals surface area (Å²) >= 11 is 5.95. The molecule has 1 amide bonds. The highest BCUT2D eigenvalue weighted by Gasteiger charge is 2.35. The first-order chi connectivity index (χ1) is 14.0. The van der Waals surface area contributed by atoms with E-state index in [-0.39, 0.29) is 5.76 Å². The average Bonchev–Trinajstić information content (AvgIpc) is 3.46. The Morgan fingerprint density at radius 1 is 1.21 bits per heavy atom. The number of esters is 1. The maximum absolute atomic E-state index is 12.8. The lowest BCUT2D eigenvalue weighted by Crippen LogP contribution is -2.31. The zero-order valence-electron chi connectivity index (χ0n) is 15.5. The van der Waals surface area contributed by atoms with Crippen LogP contribution in [0.1, 0.15) is 40.1 Å². The van der Waals surface area contributed by atoms with Gasteiger partial charge in [-0.1, -0.05) is 23.7 Å². The number of ether oxygens (including phenoxy) is 1. The maximum atomic E-state index is 12.8. The summed E-state index contributed by atoms with van der Waals surface area (Å²) in [5, 5.41) is 6.37. The van der Waals surface area contributed by atoms with Crippen LogP contribution in [0.2, 0.25) is 5.02 Å². The molecule has 0 saturated heterocycles. The number of nitrogens with zero attached hydrogens (tertiary/aromatic N) is 2. The molecule has 8 heteroatoms. The van der Waals surface area contributed by atoms with Gasteiger partial charge in [0.15, 0.2) is 6.61 Å². The minimum absolute atomic E-state index is 0.0460. The van der Waals surface area contributed by atoms with Crippen molar-refractivity contribution in [2.75, 3.05) is 6.61 Å². The fraction of sp³-hybridized carbons (Fsp3) is 0.190. The number of halogens is 1. The van der Waals surface area contributed by atoms with Crippen LogP contribution in [0.4, 0.5) is 0 Å². The van der Waals surface area contributed by atoms with E-state index < -0.39 is 24.5 Å². The maximum Gasteiger partial charge on any atom is 0.374 e. The molecule has 0 spiro atoms. The SMILES string of the molecule is Cc1ccc(C(=O)OCC(=O)N2N=C(c3ccc(Cl)cc3)CC2c2ccco2)o1. The van der Waals surface area contributed by atoms with Crippen LogP contribution in [0, 0.1) is 6.92 Å². The fourth-order valence-electron chi connectivity index (χ4n) is 3.07. The van der Waals surface area contributed by atoms with Crippen molar-refractivity contribution in [3.8, 4) is 0 Å². The van der Waals surface area contributed by atoms with E-state index >= 15 is 0 Å². The number of carbonyl (C=O) groups excluding carboxylic acids is 2. The second-order valence-corrected chi connectivity index (χ2v) is 6.95. The van der Waals surface area contributed by atoms with Gasteiger partial charge in [0.2, 0.25) is 5.76 Å². The van der Waals surface area contributed by atoms with Gasteiger partial charge in [-0.2, -0.15) is 5.10 Å². The quantitative estimate of drug-likeness (QED) is 0.581. The summed E-state index contributed by atoms with van der Waals surface area (Å²) in [6.45, 7) is 1.25. The number of furan rings is 2. The second-order valence-electron chi connectivity index (χ2n) is 6.51. The number of aryl methyl sites for hydroxylation is 1. The van der Waals surface area contributed by atoms with Gasteiger partial charge in [-0.25, -0.2) is 9.80 Å². The molecular formula is C21H17ClN2O5. The molecule has 3 aromatic rings. The number of carbonyl (C=O) groups is 2. The Balaban J connectivity index is 1.52. The third-order valence-corrected chi connectivity index (χ3v) is 4.74. The topological polar surface area (TPSA) is 85.3 Å². The van der Waals surface area contributed by atoms with E-state index in [4.69, 9.17) is 25.2 Å². The summed E-state index contributed by atoms with van der Waals surface area (Å²) in [7, 11) is 0. The summed E-state index contributed by atoms with van der Waals surface area (Å²) in [5.74, 6) is 0.0516. The molecule has 148 valence electrons. The van der Waals surface area contributed by atoms with Crippen molar-refractivity contribution in [3.63, 3.8) is 0 Å². The highest BCUT2D eigenvalue weighted by atomic mass is 35.5. The predicted molar refractivity (Wildman–Crippen MR) is 105 cm³/mol. The average molecular weight is 413 g/mol. The second kappa shape index (κ2) is 7.97. The van der Waals surface area contributed by atoms with Gasteiger partial charge < -0.3 is 13.6 Å². The third-order valence-electron chi connectivity index (χ3n) is 4.48. The molecule has 1 unspecified atom stereocenters. The highest BCUT2D eigenvalue weighted by molar-refractivity contribution is 6.30. The number of benzene rings is 1. The van der Waals surface area contributed by atoms with Gasteiger partial charge in [0.25, 0.3) is 5.91 Å². The molecule has 1 aliphatic heterocycles. The molecule has 0 aliphatic carbocycles. The van der Waals surface area contributed by atoms with Crippen molar-refractivity contribution < 1.29 is 23.2 Å². The van der Waals surface area contributed by atoms with Crippen molar-refractivity contribution in [2.24, 2.45) is 5.10 Å². The number of hydrogen-bond acceptors (Lipinski definition) is 6. The fourth-order valence-corrected chi connectivity index (χ4v) is 3.19. The Hall–Kier alpha value is -3.32. The standard InChI is InChI=1S/C21H17ClN2O5/c1-13-4-9-19(29-13)21(26)28-12-20(25)24-17(18-3-2-10-27-18)11-16(23-24)14-5-7-15(22)8-6-14/h2-10,17H,11-12H2,1H3. The van der Waals surface area contributed by atoms with E-state index in [1.54, 1.807) is 37.3 Å². The first-order valence-electron chi connectivity index (χ1n) is 8.93. The van der Waals surface area contributed by atoms with Crippen LogP contribution in [0.25, 0.3) is 0 Å². The van der Waals surface area contributed by atoms with Gasteiger partial charge in [0.1, 0.15) is 17.6 Å². The number of hydrazone groups is 1. The summed E-state index contributed by atoms with van der Waals surface area (Å²) in [6, 6.07) is 13.5. The summed E-state index contributed by atoms with van der Waals surface area (Å²) in [4.78, 5) is 24.8. The molecule has 3 heterocycles. The minimum atomic E-state index is -0.706. The van der Waals surface area contributed by atoms with Gasteiger partial charge >= 0.3 is 5.97 Å². The van der Waals surface area contributed by atoms with Crippen molar-refractivity contribution in [1.29, 1.82) is 0 Å². The van der Waals surface area contributed by atoms with E-state index in [1.807, 2.05) is 12.1 Å². The lowest BCUT2D eigenvalue weighted by molar-refractivity contribution is -0.136. The number of hydrogen-bond donors (Lipinski definition) is 0. The molecule has 1 atom stereocenters. The number of amides is 1. The van der Waals surface area contributed by atoms with Gasteiger partial charge in [-0.3, -0.25) is 4.79 Å². The largest absolute Gasteiger partial charge is 0.467 e. The van der Waals surface area contributed by atoms with Crippen LogP contribution in [-0.4, -0.2) is 29.2 Å². The highest BCUT2D eigenvalue weighted by Crippen LogP contribution is 2.33. The van der Waals surface area contributed by atoms with E-state index in [0.717, 1.165) is 5.56 Å². The van der Waals surface area contributed by atoms with Crippen LogP contribution >= 0.6 is 11.6 Å². The normalized spacial score (nSPS) is 16.0. The summed E-state index contributed by atoms with van der Waals surface area (Å²) < 4.78 is 15.8. The molecule has 4 rings (SSSR count). The third kappa shape index (κ3) is 4.09. The zero-order valence-corrected chi connectivity index (χ0v) is 16.3. The first kappa shape index (κ1) is 19.0. The van der Waals surface area contributed by atoms with E-state index in [1.165, 1.54) is 17.3 Å². The molecule has 0 N–H and O–H groups in total. The van der Waals surface area contributed by atoms with Gasteiger partial charge in [0, 0.05) is 11.4 Å². The van der Waals surface area contributed by atoms with Crippen molar-refractivity contribution in [1.82, 2.24) is 5.01 Å². The molecule has 0 fully saturated rings. The van der Waals surface area contributed by atoms with Gasteiger partial charge in [-0.05, 0) is 48.9 Å². The number of rotatable bonds is 5. The monoisotopic (exact) mass is 412 g/mol. The Labute approximate surface area is 171 Å². The predicted octanol–water partition coefficient (Wildman–Crippen LogP) is 4.37. The minimum Gasteiger partial charge on any atom is -0.467 e.